The zero-order valence-corrected chi connectivity index (χ0v) is 7.18. The number of hydrogen-bond donors (Lipinski definition) is 0. The third-order valence-corrected chi connectivity index (χ3v) is 1.19. The van der Waals surface area contributed by atoms with Gasteiger partial charge in [0.1, 0.15) is 0 Å². The van der Waals surface area contributed by atoms with Gasteiger partial charge in [-0.1, -0.05) is 20.8 Å². The molecule has 0 bridgehead atoms. The highest BCUT2D eigenvalue weighted by atomic mass is 16.5. The quantitative estimate of drug-likeness (QED) is 0.566. The van der Waals surface area contributed by atoms with Gasteiger partial charge in [-0.05, 0) is 18.8 Å². The van der Waals surface area contributed by atoms with E-state index in [1.165, 1.54) is 0 Å². The van der Waals surface area contributed by atoms with E-state index in [2.05, 4.69) is 20.8 Å². The van der Waals surface area contributed by atoms with Gasteiger partial charge in [0, 0.05) is 0 Å². The van der Waals surface area contributed by atoms with E-state index in [4.69, 9.17) is 4.74 Å². The topological polar surface area (TPSA) is 26.3 Å². The van der Waals surface area contributed by atoms with E-state index < -0.39 is 0 Å². The summed E-state index contributed by atoms with van der Waals surface area (Å²) in [6, 6.07) is 0. The number of hydrogen-bond acceptors (Lipinski definition) is 2. The maximum atomic E-state index is 9.88. The van der Waals surface area contributed by atoms with Crippen LogP contribution in [0.1, 0.15) is 34.1 Å². The minimum absolute atomic E-state index is 0.0394. The largest absolute Gasteiger partial charge is 0.465 e. The van der Waals surface area contributed by atoms with E-state index in [9.17, 15) is 4.79 Å². The Morgan fingerprint density at radius 2 is 2.00 bits per heavy atom. The molecule has 0 aliphatic rings. The highest BCUT2D eigenvalue weighted by molar-refractivity contribution is 5.37. The van der Waals surface area contributed by atoms with E-state index in [0.29, 0.717) is 6.47 Å². The molecule has 60 valence electrons. The molecule has 0 spiro atoms. The van der Waals surface area contributed by atoms with Crippen molar-refractivity contribution in [3.8, 4) is 0 Å². The SMILES string of the molecule is CC(CC(C)(C)C)OC=O. The van der Waals surface area contributed by atoms with Gasteiger partial charge in [0.25, 0.3) is 6.47 Å². The Morgan fingerprint density at radius 1 is 1.50 bits per heavy atom. The Bertz CT molecular complexity index is 102. The molecule has 0 saturated carbocycles. The summed E-state index contributed by atoms with van der Waals surface area (Å²) in [4.78, 5) is 9.88. The van der Waals surface area contributed by atoms with E-state index in [0.717, 1.165) is 6.42 Å². The molecule has 0 saturated heterocycles. The third-order valence-electron chi connectivity index (χ3n) is 1.19. The number of carbonyl (C=O) groups is 1. The zero-order chi connectivity index (χ0) is 8.20. The predicted octanol–water partition coefficient (Wildman–Crippen LogP) is 1.98. The van der Waals surface area contributed by atoms with Gasteiger partial charge in [0.15, 0.2) is 0 Å². The van der Waals surface area contributed by atoms with E-state index in [1.54, 1.807) is 0 Å². The van der Waals surface area contributed by atoms with Crippen molar-refractivity contribution >= 4 is 6.47 Å². The van der Waals surface area contributed by atoms with Crippen molar-refractivity contribution in [1.29, 1.82) is 0 Å². The lowest BCUT2D eigenvalue weighted by atomic mass is 9.90. The standard InChI is InChI=1S/C8H16O2/c1-7(10-6-9)5-8(2,3)4/h6-7H,5H2,1-4H3. The fourth-order valence-electron chi connectivity index (χ4n) is 1.01. The molecule has 0 N–H and O–H groups in total. The summed E-state index contributed by atoms with van der Waals surface area (Å²) in [6.45, 7) is 8.78. The summed E-state index contributed by atoms with van der Waals surface area (Å²) in [6.07, 6.45) is 0.948. The van der Waals surface area contributed by atoms with Gasteiger partial charge in [0.05, 0.1) is 6.10 Å². The van der Waals surface area contributed by atoms with Gasteiger partial charge in [-0.15, -0.1) is 0 Å². The van der Waals surface area contributed by atoms with Crippen LogP contribution in [0.5, 0.6) is 0 Å². The summed E-state index contributed by atoms with van der Waals surface area (Å²) >= 11 is 0. The third kappa shape index (κ3) is 5.60. The van der Waals surface area contributed by atoms with Crippen LogP contribution in [0.2, 0.25) is 0 Å². The first-order valence-corrected chi connectivity index (χ1v) is 3.55. The Labute approximate surface area is 62.6 Å². The van der Waals surface area contributed by atoms with Gasteiger partial charge >= 0.3 is 0 Å². The van der Waals surface area contributed by atoms with Crippen molar-refractivity contribution in [2.24, 2.45) is 5.41 Å². The lowest BCUT2D eigenvalue weighted by Crippen LogP contribution is -2.17. The molecule has 0 aliphatic carbocycles. The Balaban J connectivity index is 3.56. The molecule has 0 radical (unpaired) electrons. The lowest BCUT2D eigenvalue weighted by molar-refractivity contribution is -0.133. The molecule has 1 unspecified atom stereocenters. The highest BCUT2D eigenvalue weighted by Crippen LogP contribution is 2.21. The van der Waals surface area contributed by atoms with Gasteiger partial charge in [0.2, 0.25) is 0 Å². The first-order chi connectivity index (χ1) is 4.45. The number of ether oxygens (including phenoxy) is 1. The fourth-order valence-corrected chi connectivity index (χ4v) is 1.01. The van der Waals surface area contributed by atoms with Crippen LogP contribution in [0, 0.1) is 5.41 Å². The Morgan fingerprint density at radius 3 is 2.30 bits per heavy atom. The van der Waals surface area contributed by atoms with Crippen molar-refractivity contribution in [3.05, 3.63) is 0 Å². The molecule has 0 heterocycles. The minimum Gasteiger partial charge on any atom is -0.465 e. The van der Waals surface area contributed by atoms with Crippen molar-refractivity contribution < 1.29 is 9.53 Å². The molecule has 2 nitrogen and oxygen atoms in total. The molecule has 0 aliphatic heterocycles. The summed E-state index contributed by atoms with van der Waals surface area (Å²) in [5.74, 6) is 0. The van der Waals surface area contributed by atoms with E-state index in [1.807, 2.05) is 6.92 Å². The van der Waals surface area contributed by atoms with Gasteiger partial charge in [-0.25, -0.2) is 0 Å². The van der Waals surface area contributed by atoms with E-state index in [-0.39, 0.29) is 11.5 Å². The van der Waals surface area contributed by atoms with Crippen LogP contribution in [0.25, 0.3) is 0 Å². The van der Waals surface area contributed by atoms with Crippen molar-refractivity contribution in [3.63, 3.8) is 0 Å². The summed E-state index contributed by atoms with van der Waals surface area (Å²) in [5.41, 5.74) is 0.239. The second-order valence-corrected chi connectivity index (χ2v) is 3.81. The smallest absolute Gasteiger partial charge is 0.293 e. The van der Waals surface area contributed by atoms with Crippen LogP contribution < -0.4 is 0 Å². The van der Waals surface area contributed by atoms with Crippen molar-refractivity contribution in [2.75, 3.05) is 0 Å². The second-order valence-electron chi connectivity index (χ2n) is 3.81. The summed E-state index contributed by atoms with van der Waals surface area (Å²) < 4.78 is 4.74. The lowest BCUT2D eigenvalue weighted by Gasteiger charge is -2.21. The fraction of sp³-hybridized carbons (Fsp3) is 0.875. The number of carbonyl (C=O) groups excluding carboxylic acids is 1. The normalized spacial score (nSPS) is 14.4. The van der Waals surface area contributed by atoms with Gasteiger partial charge < -0.3 is 4.74 Å². The molecule has 1 atom stereocenters. The molecule has 0 amide bonds. The van der Waals surface area contributed by atoms with Crippen LogP contribution in [0.15, 0.2) is 0 Å². The Kier molecular flexibility index (Phi) is 3.40. The first-order valence-electron chi connectivity index (χ1n) is 3.55. The summed E-state index contributed by atoms with van der Waals surface area (Å²) in [7, 11) is 0. The van der Waals surface area contributed by atoms with Crippen molar-refractivity contribution in [1.82, 2.24) is 0 Å². The van der Waals surface area contributed by atoms with Gasteiger partial charge in [-0.3, -0.25) is 4.79 Å². The van der Waals surface area contributed by atoms with Crippen LogP contribution >= 0.6 is 0 Å². The zero-order valence-electron chi connectivity index (χ0n) is 7.18. The molecule has 0 aromatic rings. The van der Waals surface area contributed by atoms with Crippen LogP contribution in [-0.2, 0) is 9.53 Å². The first kappa shape index (κ1) is 9.47. The monoisotopic (exact) mass is 144 g/mol. The average Bonchev–Trinajstić information content (AvgIpc) is 1.59. The van der Waals surface area contributed by atoms with Gasteiger partial charge in [-0.2, -0.15) is 0 Å². The number of rotatable bonds is 3. The predicted molar refractivity (Wildman–Crippen MR) is 40.7 cm³/mol. The van der Waals surface area contributed by atoms with Crippen LogP contribution in [-0.4, -0.2) is 12.6 Å². The van der Waals surface area contributed by atoms with Crippen LogP contribution in [0.3, 0.4) is 0 Å². The summed E-state index contributed by atoms with van der Waals surface area (Å²) in [5, 5.41) is 0. The molecular formula is C8H16O2. The molecule has 0 aromatic carbocycles. The second kappa shape index (κ2) is 3.59. The molecule has 2 heteroatoms. The maximum absolute atomic E-state index is 9.88. The molecule has 10 heavy (non-hydrogen) atoms. The molecular weight excluding hydrogens is 128 g/mol. The highest BCUT2D eigenvalue weighted by Gasteiger charge is 2.15. The average molecular weight is 144 g/mol. The molecule has 0 rings (SSSR count). The minimum atomic E-state index is 0.0394. The Hall–Kier alpha value is -0.530. The van der Waals surface area contributed by atoms with Crippen LogP contribution in [0.4, 0.5) is 0 Å². The maximum Gasteiger partial charge on any atom is 0.293 e. The van der Waals surface area contributed by atoms with E-state index >= 15 is 0 Å². The van der Waals surface area contributed by atoms with Crippen molar-refractivity contribution in [2.45, 2.75) is 40.2 Å². The molecule has 0 aromatic heterocycles. The molecule has 0 fully saturated rings.